The summed E-state index contributed by atoms with van der Waals surface area (Å²) in [6, 6.07) is 3.11. The predicted molar refractivity (Wildman–Crippen MR) is 78.7 cm³/mol. The van der Waals surface area contributed by atoms with Gasteiger partial charge in [0.1, 0.15) is 0 Å². The molecule has 1 aliphatic carbocycles. The predicted octanol–water partition coefficient (Wildman–Crippen LogP) is 2.84. The van der Waals surface area contributed by atoms with Gasteiger partial charge in [-0.05, 0) is 30.9 Å². The Hall–Kier alpha value is -0.970. The van der Waals surface area contributed by atoms with Gasteiger partial charge in [-0.25, -0.2) is 0 Å². The van der Waals surface area contributed by atoms with Crippen molar-refractivity contribution in [2.45, 2.75) is 18.9 Å². The zero-order valence-electron chi connectivity index (χ0n) is 11.4. The second-order valence-electron chi connectivity index (χ2n) is 5.15. The van der Waals surface area contributed by atoms with Gasteiger partial charge in [0.05, 0.1) is 23.3 Å². The number of amides is 1. The molecule has 1 aliphatic rings. The first-order valence-corrected chi connectivity index (χ1v) is 7.14. The highest BCUT2D eigenvalue weighted by atomic mass is 35.5. The smallest absolute Gasteiger partial charge is 0.253 e. The van der Waals surface area contributed by atoms with E-state index in [0.717, 1.165) is 12.8 Å². The van der Waals surface area contributed by atoms with Crippen LogP contribution in [0.2, 0.25) is 10.0 Å². The van der Waals surface area contributed by atoms with Crippen molar-refractivity contribution in [1.82, 2.24) is 4.90 Å². The van der Waals surface area contributed by atoms with E-state index in [9.17, 15) is 9.90 Å². The van der Waals surface area contributed by atoms with E-state index in [4.69, 9.17) is 27.9 Å². The minimum Gasteiger partial charge on any atom is -0.494 e. The van der Waals surface area contributed by atoms with Crippen LogP contribution in [0.1, 0.15) is 23.2 Å². The lowest BCUT2D eigenvalue weighted by Crippen LogP contribution is -2.39. The number of carbonyl (C=O) groups excluding carboxylic acids is 1. The van der Waals surface area contributed by atoms with Crippen LogP contribution in [0.4, 0.5) is 0 Å². The number of carbonyl (C=O) groups is 1. The molecule has 2 rings (SSSR count). The minimum absolute atomic E-state index is 0.141. The van der Waals surface area contributed by atoms with Crippen molar-refractivity contribution in [2.24, 2.45) is 5.92 Å². The van der Waals surface area contributed by atoms with Crippen molar-refractivity contribution in [2.75, 3.05) is 20.7 Å². The molecule has 0 unspecified atom stereocenters. The summed E-state index contributed by atoms with van der Waals surface area (Å²) in [5, 5.41) is 9.90. The first-order chi connectivity index (χ1) is 9.42. The van der Waals surface area contributed by atoms with Crippen LogP contribution in [0.25, 0.3) is 0 Å². The molecule has 0 saturated heterocycles. The number of hydrogen-bond acceptors (Lipinski definition) is 3. The normalized spacial score (nSPS) is 21.2. The van der Waals surface area contributed by atoms with E-state index in [1.54, 1.807) is 24.1 Å². The summed E-state index contributed by atoms with van der Waals surface area (Å²) in [4.78, 5) is 13.9. The van der Waals surface area contributed by atoms with Gasteiger partial charge in [-0.15, -0.1) is 0 Å². The summed E-state index contributed by atoms with van der Waals surface area (Å²) < 4.78 is 5.06. The molecule has 0 heterocycles. The second-order valence-corrected chi connectivity index (χ2v) is 5.96. The van der Waals surface area contributed by atoms with Gasteiger partial charge in [-0.2, -0.15) is 0 Å². The molecule has 6 heteroatoms. The van der Waals surface area contributed by atoms with Crippen LogP contribution < -0.4 is 4.74 Å². The van der Waals surface area contributed by atoms with E-state index >= 15 is 0 Å². The number of halogens is 2. The number of benzene rings is 1. The molecule has 0 aliphatic heterocycles. The Bertz CT molecular complexity index is 492. The molecule has 4 nitrogen and oxygen atoms in total. The number of ether oxygens (including phenoxy) is 1. The first-order valence-electron chi connectivity index (χ1n) is 6.39. The van der Waals surface area contributed by atoms with Crippen LogP contribution in [-0.4, -0.2) is 42.7 Å². The fraction of sp³-hybridized carbons (Fsp3) is 0.500. The van der Waals surface area contributed by atoms with Crippen LogP contribution in [-0.2, 0) is 0 Å². The Morgan fingerprint density at radius 3 is 2.40 bits per heavy atom. The average molecular weight is 318 g/mol. The van der Waals surface area contributed by atoms with Gasteiger partial charge in [-0.1, -0.05) is 23.2 Å². The van der Waals surface area contributed by atoms with Crippen molar-refractivity contribution in [3.8, 4) is 5.75 Å². The molecule has 0 atom stereocenters. The zero-order valence-corrected chi connectivity index (χ0v) is 12.9. The second kappa shape index (κ2) is 6.20. The molecule has 0 bridgehead atoms. The maximum atomic E-state index is 12.3. The molecule has 110 valence electrons. The molecule has 0 radical (unpaired) electrons. The summed E-state index contributed by atoms with van der Waals surface area (Å²) in [6.45, 7) is 0.622. The average Bonchev–Trinajstić information content (AvgIpc) is 2.35. The fourth-order valence-corrected chi connectivity index (χ4v) is 3.06. The number of aliphatic hydroxyl groups is 1. The number of nitrogens with zero attached hydrogens (tertiary/aromatic N) is 1. The molecule has 1 aromatic carbocycles. The molecule has 1 saturated carbocycles. The van der Waals surface area contributed by atoms with E-state index < -0.39 is 0 Å². The Kier molecular flexibility index (Phi) is 4.78. The summed E-state index contributed by atoms with van der Waals surface area (Å²) >= 11 is 12.1. The summed E-state index contributed by atoms with van der Waals surface area (Å²) in [5.74, 6) is 0.593. The van der Waals surface area contributed by atoms with Gasteiger partial charge in [0.25, 0.3) is 5.91 Å². The number of methoxy groups -OCH3 is 1. The fourth-order valence-electron chi connectivity index (χ4n) is 2.42. The maximum Gasteiger partial charge on any atom is 0.253 e. The molecule has 1 N–H and O–H groups in total. The van der Waals surface area contributed by atoms with E-state index in [2.05, 4.69) is 0 Å². The molecule has 20 heavy (non-hydrogen) atoms. The van der Waals surface area contributed by atoms with Crippen LogP contribution in [0.15, 0.2) is 12.1 Å². The minimum atomic E-state index is -0.214. The third-order valence-corrected chi connectivity index (χ3v) is 4.10. The largest absolute Gasteiger partial charge is 0.494 e. The molecule has 1 aromatic rings. The van der Waals surface area contributed by atoms with E-state index in [1.807, 2.05) is 0 Å². The van der Waals surface area contributed by atoms with Crippen LogP contribution in [0.5, 0.6) is 5.75 Å². The highest BCUT2D eigenvalue weighted by molar-refractivity contribution is 6.37. The van der Waals surface area contributed by atoms with Crippen LogP contribution in [0.3, 0.4) is 0 Å². The summed E-state index contributed by atoms with van der Waals surface area (Å²) in [6.07, 6.45) is 1.29. The van der Waals surface area contributed by atoms with Crippen molar-refractivity contribution in [1.29, 1.82) is 0 Å². The lowest BCUT2D eigenvalue weighted by molar-refractivity contribution is 0.0265. The highest BCUT2D eigenvalue weighted by Gasteiger charge is 2.29. The quantitative estimate of drug-likeness (QED) is 0.929. The summed E-state index contributed by atoms with van der Waals surface area (Å²) in [5.41, 5.74) is 0.433. The Morgan fingerprint density at radius 1 is 1.40 bits per heavy atom. The molecule has 0 aromatic heterocycles. The lowest BCUT2D eigenvalue weighted by Gasteiger charge is -2.34. The van der Waals surface area contributed by atoms with Gasteiger partial charge in [-0.3, -0.25) is 4.79 Å². The van der Waals surface area contributed by atoms with Crippen LogP contribution in [0, 0.1) is 5.92 Å². The van der Waals surface area contributed by atoms with Gasteiger partial charge >= 0.3 is 0 Å². The van der Waals surface area contributed by atoms with Gasteiger partial charge in [0.2, 0.25) is 0 Å². The van der Waals surface area contributed by atoms with Crippen molar-refractivity contribution in [3.63, 3.8) is 0 Å². The zero-order chi connectivity index (χ0) is 14.9. The topological polar surface area (TPSA) is 49.8 Å². The van der Waals surface area contributed by atoms with Gasteiger partial charge in [0.15, 0.2) is 5.75 Å². The summed E-state index contributed by atoms with van der Waals surface area (Å²) in [7, 11) is 3.21. The van der Waals surface area contributed by atoms with Crippen molar-refractivity contribution in [3.05, 3.63) is 27.7 Å². The van der Waals surface area contributed by atoms with Crippen molar-refractivity contribution < 1.29 is 14.6 Å². The Labute approximate surface area is 128 Å². The maximum absolute atomic E-state index is 12.3. The third-order valence-electron chi connectivity index (χ3n) is 3.54. The number of aliphatic hydroxyl groups excluding tert-OH is 1. The standard InChI is InChI=1S/C14H17Cl2NO3/c1-17(7-8-3-10(18)4-8)14(19)9-5-11(15)13(20-2)12(16)6-9/h5-6,8,10,18H,3-4,7H2,1-2H3. The van der Waals surface area contributed by atoms with Gasteiger partial charge < -0.3 is 14.7 Å². The molecule has 0 spiro atoms. The van der Waals surface area contributed by atoms with E-state index in [1.165, 1.54) is 7.11 Å². The highest BCUT2D eigenvalue weighted by Crippen LogP contribution is 2.34. The van der Waals surface area contributed by atoms with E-state index in [-0.39, 0.29) is 12.0 Å². The van der Waals surface area contributed by atoms with Gasteiger partial charge in [0, 0.05) is 19.2 Å². The molecular formula is C14H17Cl2NO3. The molecular weight excluding hydrogens is 301 g/mol. The third kappa shape index (κ3) is 3.19. The number of rotatable bonds is 4. The van der Waals surface area contributed by atoms with Crippen LogP contribution >= 0.6 is 23.2 Å². The molecule has 1 fully saturated rings. The van der Waals surface area contributed by atoms with Crippen molar-refractivity contribution >= 4 is 29.1 Å². The lowest BCUT2D eigenvalue weighted by atomic mass is 9.82. The first kappa shape index (κ1) is 15.4. The van der Waals surface area contributed by atoms with E-state index in [0.29, 0.717) is 33.8 Å². The molecule has 1 amide bonds. The Balaban J connectivity index is 2.08. The monoisotopic (exact) mass is 317 g/mol. The SMILES string of the molecule is COc1c(Cl)cc(C(=O)N(C)CC2CC(O)C2)cc1Cl. The number of hydrogen-bond donors (Lipinski definition) is 1. The Morgan fingerprint density at radius 2 is 1.95 bits per heavy atom.